The number of hydrogen-bond acceptors (Lipinski definition) is 7. The van der Waals surface area contributed by atoms with Gasteiger partial charge < -0.3 is 19.3 Å². The predicted molar refractivity (Wildman–Crippen MR) is 127 cm³/mol. The third-order valence-corrected chi connectivity index (χ3v) is 5.89. The van der Waals surface area contributed by atoms with Crippen molar-refractivity contribution in [1.29, 1.82) is 0 Å². The van der Waals surface area contributed by atoms with Crippen molar-refractivity contribution in [2.24, 2.45) is 4.99 Å². The Labute approximate surface area is 195 Å². The van der Waals surface area contributed by atoms with Crippen LogP contribution in [0.3, 0.4) is 0 Å². The molecule has 2 aromatic rings. The van der Waals surface area contributed by atoms with Gasteiger partial charge in [-0.25, -0.2) is 15.3 Å². The summed E-state index contributed by atoms with van der Waals surface area (Å²) >= 11 is 0. The zero-order valence-corrected chi connectivity index (χ0v) is 19.8. The van der Waals surface area contributed by atoms with E-state index in [-0.39, 0.29) is 5.91 Å². The average molecular weight is 453 g/mol. The van der Waals surface area contributed by atoms with E-state index in [1.807, 2.05) is 62.1 Å². The standard InChI is InChI=1S/C25H32N4O4/c1-5-31-21-10-8-18(16-22(21)32-6-2)24-26-23(27-33-24)20-9-7-19(15-17(20)3)25(30)29-13-11-28(4)12-14-29/h7-10,15-16,24H,5-6,11-14H2,1-4H3,(H,26,27). The molecule has 8 heteroatoms. The maximum absolute atomic E-state index is 12.9. The second-order valence-corrected chi connectivity index (χ2v) is 8.25. The Hall–Kier alpha value is -3.10. The molecule has 33 heavy (non-hydrogen) atoms. The first-order valence-electron chi connectivity index (χ1n) is 11.5. The van der Waals surface area contributed by atoms with Crippen molar-refractivity contribution in [3.8, 4) is 11.5 Å². The van der Waals surface area contributed by atoms with Crippen LogP contribution in [0.1, 0.15) is 47.1 Å². The summed E-state index contributed by atoms with van der Waals surface area (Å²) in [5.41, 5.74) is 6.38. The first-order chi connectivity index (χ1) is 16.0. The fraction of sp³-hybridized carbons (Fsp3) is 0.440. The fourth-order valence-electron chi connectivity index (χ4n) is 4.02. The number of hydrogen-bond donors (Lipinski definition) is 1. The topological polar surface area (TPSA) is 75.6 Å². The van der Waals surface area contributed by atoms with Gasteiger partial charge in [-0.1, -0.05) is 12.1 Å². The molecule has 1 unspecified atom stereocenters. The normalized spacial score (nSPS) is 18.6. The summed E-state index contributed by atoms with van der Waals surface area (Å²) in [6.45, 7) is 10.3. The molecule has 8 nitrogen and oxygen atoms in total. The lowest BCUT2D eigenvalue weighted by molar-refractivity contribution is 0.0375. The molecule has 1 atom stereocenters. The second-order valence-electron chi connectivity index (χ2n) is 8.25. The van der Waals surface area contributed by atoms with Crippen LogP contribution in [0.4, 0.5) is 0 Å². The summed E-state index contributed by atoms with van der Waals surface area (Å²) in [6, 6.07) is 11.4. The number of aliphatic imine (C=N–C) groups is 1. The zero-order valence-electron chi connectivity index (χ0n) is 19.8. The van der Waals surface area contributed by atoms with Gasteiger partial charge in [-0.05, 0) is 57.6 Å². The van der Waals surface area contributed by atoms with Gasteiger partial charge in [0, 0.05) is 42.9 Å². The highest BCUT2D eigenvalue weighted by atomic mass is 16.7. The summed E-state index contributed by atoms with van der Waals surface area (Å²) in [5.74, 6) is 2.09. The molecular formula is C25H32N4O4. The van der Waals surface area contributed by atoms with Crippen LogP contribution in [0, 0.1) is 6.92 Å². The SMILES string of the molecule is CCOc1ccc(C2N=C(c3ccc(C(=O)N4CCN(C)CC4)cc3C)NO2)cc1OCC. The number of amides is 1. The predicted octanol–water partition coefficient (Wildman–Crippen LogP) is 3.16. The molecule has 0 aliphatic carbocycles. The van der Waals surface area contributed by atoms with E-state index in [2.05, 4.69) is 17.4 Å². The van der Waals surface area contributed by atoms with Gasteiger partial charge in [0.2, 0.25) is 6.23 Å². The number of carbonyl (C=O) groups is 1. The van der Waals surface area contributed by atoms with Gasteiger partial charge in [-0.2, -0.15) is 0 Å². The van der Waals surface area contributed by atoms with Crippen LogP contribution in [-0.2, 0) is 4.84 Å². The van der Waals surface area contributed by atoms with Crippen molar-refractivity contribution in [2.45, 2.75) is 27.0 Å². The third-order valence-electron chi connectivity index (χ3n) is 5.89. The maximum atomic E-state index is 12.9. The monoisotopic (exact) mass is 452 g/mol. The number of carbonyl (C=O) groups excluding carboxylic acids is 1. The number of aryl methyl sites for hydroxylation is 1. The van der Waals surface area contributed by atoms with E-state index in [1.54, 1.807) is 0 Å². The number of benzene rings is 2. The Morgan fingerprint density at radius 3 is 2.48 bits per heavy atom. The number of hydroxylamine groups is 1. The van der Waals surface area contributed by atoms with E-state index in [9.17, 15) is 4.79 Å². The van der Waals surface area contributed by atoms with Gasteiger partial charge >= 0.3 is 0 Å². The van der Waals surface area contributed by atoms with Crippen LogP contribution in [0.2, 0.25) is 0 Å². The molecule has 1 amide bonds. The number of nitrogens with zero attached hydrogens (tertiary/aromatic N) is 3. The molecule has 2 heterocycles. The van der Waals surface area contributed by atoms with E-state index >= 15 is 0 Å². The molecule has 0 bridgehead atoms. The molecule has 1 saturated heterocycles. The summed E-state index contributed by atoms with van der Waals surface area (Å²) in [7, 11) is 2.08. The molecular weight excluding hydrogens is 420 g/mol. The summed E-state index contributed by atoms with van der Waals surface area (Å²) in [4.78, 5) is 27.5. The molecule has 2 aliphatic heterocycles. The minimum Gasteiger partial charge on any atom is -0.490 e. The number of likely N-dealkylation sites (N-methyl/N-ethyl adjacent to an activating group) is 1. The number of rotatable bonds is 7. The summed E-state index contributed by atoms with van der Waals surface area (Å²) < 4.78 is 11.4. The average Bonchev–Trinajstić information content (AvgIpc) is 3.30. The largest absolute Gasteiger partial charge is 0.490 e. The van der Waals surface area contributed by atoms with Crippen molar-refractivity contribution in [1.82, 2.24) is 15.3 Å². The van der Waals surface area contributed by atoms with Crippen LogP contribution >= 0.6 is 0 Å². The van der Waals surface area contributed by atoms with Crippen LogP contribution in [0.15, 0.2) is 41.4 Å². The van der Waals surface area contributed by atoms with Gasteiger partial charge in [0.1, 0.15) is 0 Å². The van der Waals surface area contributed by atoms with E-state index < -0.39 is 6.23 Å². The first-order valence-corrected chi connectivity index (χ1v) is 11.5. The molecule has 0 radical (unpaired) electrons. The highest BCUT2D eigenvalue weighted by Gasteiger charge is 2.25. The van der Waals surface area contributed by atoms with E-state index in [4.69, 9.17) is 19.3 Å². The Balaban J connectivity index is 1.51. The van der Waals surface area contributed by atoms with E-state index in [1.165, 1.54) is 0 Å². The molecule has 4 rings (SSSR count). The van der Waals surface area contributed by atoms with Crippen molar-refractivity contribution in [2.75, 3.05) is 46.4 Å². The second kappa shape index (κ2) is 10.2. The van der Waals surface area contributed by atoms with Crippen molar-refractivity contribution >= 4 is 11.7 Å². The number of ether oxygens (including phenoxy) is 2. The summed E-state index contributed by atoms with van der Waals surface area (Å²) in [5, 5.41) is 0. The minimum absolute atomic E-state index is 0.0750. The Kier molecular flexibility index (Phi) is 7.15. The Morgan fingerprint density at radius 1 is 1.06 bits per heavy atom. The van der Waals surface area contributed by atoms with Crippen LogP contribution in [0.25, 0.3) is 0 Å². The third kappa shape index (κ3) is 5.12. The van der Waals surface area contributed by atoms with Gasteiger partial charge in [-0.3, -0.25) is 4.79 Å². The lowest BCUT2D eigenvalue weighted by Crippen LogP contribution is -2.47. The highest BCUT2D eigenvalue weighted by molar-refractivity contribution is 6.02. The molecule has 0 saturated carbocycles. The first kappa shape index (κ1) is 23.1. The molecule has 1 fully saturated rings. The highest BCUT2D eigenvalue weighted by Crippen LogP contribution is 2.33. The van der Waals surface area contributed by atoms with Crippen LogP contribution in [0.5, 0.6) is 11.5 Å². The fourth-order valence-corrected chi connectivity index (χ4v) is 4.02. The van der Waals surface area contributed by atoms with E-state index in [0.29, 0.717) is 36.1 Å². The molecule has 1 N–H and O–H groups in total. The Bertz CT molecular complexity index is 1030. The lowest BCUT2D eigenvalue weighted by atomic mass is 10.0. The van der Waals surface area contributed by atoms with E-state index in [0.717, 1.165) is 42.9 Å². The number of piperazine rings is 1. The quantitative estimate of drug-likeness (QED) is 0.696. The van der Waals surface area contributed by atoms with Gasteiger partial charge in [0.05, 0.1) is 13.2 Å². The van der Waals surface area contributed by atoms with Crippen LogP contribution in [-0.4, -0.2) is 68.0 Å². The van der Waals surface area contributed by atoms with Crippen molar-refractivity contribution in [3.63, 3.8) is 0 Å². The zero-order chi connectivity index (χ0) is 23.4. The molecule has 2 aromatic carbocycles. The van der Waals surface area contributed by atoms with Crippen molar-refractivity contribution < 1.29 is 19.1 Å². The Morgan fingerprint density at radius 2 is 1.79 bits per heavy atom. The van der Waals surface area contributed by atoms with Gasteiger partial charge in [-0.15, -0.1) is 0 Å². The summed E-state index contributed by atoms with van der Waals surface area (Å²) in [6.07, 6.45) is -0.499. The van der Waals surface area contributed by atoms with Crippen LogP contribution < -0.4 is 15.0 Å². The lowest BCUT2D eigenvalue weighted by Gasteiger charge is -2.32. The molecule has 2 aliphatic rings. The minimum atomic E-state index is -0.499. The molecule has 0 aromatic heterocycles. The van der Waals surface area contributed by atoms with Crippen molar-refractivity contribution in [3.05, 3.63) is 58.7 Å². The van der Waals surface area contributed by atoms with Gasteiger partial charge in [0.15, 0.2) is 17.3 Å². The number of nitrogens with one attached hydrogen (secondary N) is 1. The number of amidine groups is 1. The van der Waals surface area contributed by atoms with Gasteiger partial charge in [0.25, 0.3) is 5.91 Å². The smallest absolute Gasteiger partial charge is 0.253 e. The molecule has 0 spiro atoms. The molecule has 176 valence electrons. The maximum Gasteiger partial charge on any atom is 0.253 e.